The maximum absolute atomic E-state index is 14.1. The van der Waals surface area contributed by atoms with Gasteiger partial charge in [-0.3, -0.25) is 4.90 Å². The van der Waals surface area contributed by atoms with Crippen LogP contribution in [0.15, 0.2) is 12.1 Å². The molecule has 1 aliphatic rings. The fraction of sp³-hybridized carbons (Fsp3) is 0.571. The standard InChI is InChI=1S/C14H21F2N3/c1-3-11-9-19(7-6-18(11)2)12-5-4-10(8-17)13(15)14(12)16/h4-5,11H,3,6-9,17H2,1-2H3. The lowest BCUT2D eigenvalue weighted by Crippen LogP contribution is -2.51. The van der Waals surface area contributed by atoms with Gasteiger partial charge in [-0.1, -0.05) is 13.0 Å². The van der Waals surface area contributed by atoms with E-state index in [1.54, 1.807) is 12.1 Å². The van der Waals surface area contributed by atoms with Crippen molar-refractivity contribution in [3.8, 4) is 0 Å². The van der Waals surface area contributed by atoms with Gasteiger partial charge in [0.2, 0.25) is 0 Å². The second kappa shape index (κ2) is 5.84. The molecule has 1 unspecified atom stereocenters. The molecule has 1 aromatic carbocycles. The van der Waals surface area contributed by atoms with Crippen LogP contribution in [0.5, 0.6) is 0 Å². The van der Waals surface area contributed by atoms with E-state index in [2.05, 4.69) is 18.9 Å². The van der Waals surface area contributed by atoms with Crippen LogP contribution in [-0.4, -0.2) is 37.6 Å². The highest BCUT2D eigenvalue weighted by molar-refractivity contribution is 5.50. The molecule has 1 fully saturated rings. The van der Waals surface area contributed by atoms with E-state index in [9.17, 15) is 8.78 Å². The van der Waals surface area contributed by atoms with Crippen LogP contribution >= 0.6 is 0 Å². The van der Waals surface area contributed by atoms with Crippen LogP contribution in [0.3, 0.4) is 0 Å². The third-order valence-electron chi connectivity index (χ3n) is 3.95. The molecule has 2 N–H and O–H groups in total. The summed E-state index contributed by atoms with van der Waals surface area (Å²) in [5, 5.41) is 0. The maximum atomic E-state index is 14.1. The Balaban J connectivity index is 2.25. The van der Waals surface area contributed by atoms with E-state index >= 15 is 0 Å². The number of nitrogens with two attached hydrogens (primary N) is 1. The van der Waals surface area contributed by atoms with Crippen molar-refractivity contribution in [2.24, 2.45) is 5.73 Å². The number of rotatable bonds is 3. The summed E-state index contributed by atoms with van der Waals surface area (Å²) in [6.45, 7) is 4.43. The lowest BCUT2D eigenvalue weighted by atomic mass is 10.1. The fourth-order valence-electron chi connectivity index (χ4n) is 2.59. The van der Waals surface area contributed by atoms with E-state index in [4.69, 9.17) is 5.73 Å². The van der Waals surface area contributed by atoms with E-state index in [1.807, 2.05) is 4.90 Å². The lowest BCUT2D eigenvalue weighted by molar-refractivity contribution is 0.212. The van der Waals surface area contributed by atoms with Gasteiger partial charge in [0.1, 0.15) is 0 Å². The number of benzene rings is 1. The predicted molar refractivity (Wildman–Crippen MR) is 73.2 cm³/mol. The predicted octanol–water partition coefficient (Wildman–Crippen LogP) is 1.95. The van der Waals surface area contributed by atoms with E-state index in [-0.39, 0.29) is 12.1 Å². The molecule has 0 aliphatic carbocycles. The normalized spacial score (nSPS) is 20.9. The van der Waals surface area contributed by atoms with Crippen molar-refractivity contribution < 1.29 is 8.78 Å². The molecule has 0 radical (unpaired) electrons. The number of nitrogens with zero attached hydrogens (tertiary/aromatic N) is 2. The number of anilines is 1. The molecule has 106 valence electrons. The average Bonchev–Trinajstić information content (AvgIpc) is 2.43. The van der Waals surface area contributed by atoms with Crippen LogP contribution in [0, 0.1) is 11.6 Å². The SMILES string of the molecule is CCC1CN(c2ccc(CN)c(F)c2F)CCN1C. The van der Waals surface area contributed by atoms with Crippen LogP contribution < -0.4 is 10.6 Å². The highest BCUT2D eigenvalue weighted by Gasteiger charge is 2.26. The third-order valence-corrected chi connectivity index (χ3v) is 3.95. The first-order chi connectivity index (χ1) is 9.08. The van der Waals surface area contributed by atoms with Gasteiger partial charge in [-0.25, -0.2) is 8.78 Å². The summed E-state index contributed by atoms with van der Waals surface area (Å²) in [6, 6.07) is 3.59. The average molecular weight is 269 g/mol. The van der Waals surface area contributed by atoms with Crippen LogP contribution in [0.1, 0.15) is 18.9 Å². The van der Waals surface area contributed by atoms with E-state index in [1.165, 1.54) is 0 Å². The molecule has 2 rings (SSSR count). The fourth-order valence-corrected chi connectivity index (χ4v) is 2.59. The number of halogens is 2. The van der Waals surface area contributed by atoms with Gasteiger partial charge in [-0.2, -0.15) is 0 Å². The van der Waals surface area contributed by atoms with Gasteiger partial charge in [0.25, 0.3) is 0 Å². The van der Waals surface area contributed by atoms with Crippen molar-refractivity contribution in [2.45, 2.75) is 25.9 Å². The van der Waals surface area contributed by atoms with Crippen molar-refractivity contribution >= 4 is 5.69 Å². The molecular formula is C14H21F2N3. The molecule has 1 aliphatic heterocycles. The topological polar surface area (TPSA) is 32.5 Å². The van der Waals surface area contributed by atoms with Crippen molar-refractivity contribution in [2.75, 3.05) is 31.6 Å². The first-order valence-electron chi connectivity index (χ1n) is 6.70. The zero-order chi connectivity index (χ0) is 14.0. The molecule has 5 heteroatoms. The Kier molecular flexibility index (Phi) is 4.37. The summed E-state index contributed by atoms with van der Waals surface area (Å²) in [7, 11) is 2.07. The molecule has 1 heterocycles. The summed E-state index contributed by atoms with van der Waals surface area (Å²) in [4.78, 5) is 4.19. The van der Waals surface area contributed by atoms with E-state index in [0.29, 0.717) is 18.3 Å². The molecule has 1 atom stereocenters. The second-order valence-electron chi connectivity index (χ2n) is 5.06. The first kappa shape index (κ1) is 14.2. The quantitative estimate of drug-likeness (QED) is 0.910. The second-order valence-corrected chi connectivity index (χ2v) is 5.06. The summed E-state index contributed by atoms with van der Waals surface area (Å²) in [5.74, 6) is -1.59. The Hall–Kier alpha value is -1.20. The Morgan fingerprint density at radius 3 is 2.63 bits per heavy atom. The molecule has 0 saturated carbocycles. The van der Waals surface area contributed by atoms with Gasteiger partial charge in [-0.05, 0) is 19.5 Å². The molecule has 0 bridgehead atoms. The van der Waals surface area contributed by atoms with Crippen LogP contribution in [0.25, 0.3) is 0 Å². The zero-order valence-electron chi connectivity index (χ0n) is 11.5. The van der Waals surface area contributed by atoms with Crippen LogP contribution in [0.2, 0.25) is 0 Å². The number of hydrogen-bond acceptors (Lipinski definition) is 3. The zero-order valence-corrected chi connectivity index (χ0v) is 11.5. The van der Waals surface area contributed by atoms with Gasteiger partial charge in [0.05, 0.1) is 5.69 Å². The minimum atomic E-state index is -0.813. The first-order valence-corrected chi connectivity index (χ1v) is 6.70. The smallest absolute Gasteiger partial charge is 0.182 e. The Morgan fingerprint density at radius 1 is 1.26 bits per heavy atom. The molecule has 3 nitrogen and oxygen atoms in total. The summed E-state index contributed by atoms with van der Waals surface area (Å²) in [6.07, 6.45) is 0.998. The Morgan fingerprint density at radius 2 is 2.00 bits per heavy atom. The number of piperazine rings is 1. The van der Waals surface area contributed by atoms with Crippen molar-refractivity contribution in [3.63, 3.8) is 0 Å². The van der Waals surface area contributed by atoms with Crippen LogP contribution in [0.4, 0.5) is 14.5 Å². The summed E-state index contributed by atoms with van der Waals surface area (Å²) >= 11 is 0. The number of likely N-dealkylation sites (N-methyl/N-ethyl adjacent to an activating group) is 1. The molecule has 19 heavy (non-hydrogen) atoms. The highest BCUT2D eigenvalue weighted by atomic mass is 19.2. The van der Waals surface area contributed by atoms with E-state index in [0.717, 1.165) is 19.5 Å². The van der Waals surface area contributed by atoms with Crippen molar-refractivity contribution in [3.05, 3.63) is 29.3 Å². The van der Waals surface area contributed by atoms with Crippen molar-refractivity contribution in [1.29, 1.82) is 0 Å². The minimum Gasteiger partial charge on any atom is -0.366 e. The van der Waals surface area contributed by atoms with Gasteiger partial charge < -0.3 is 10.6 Å². The molecule has 0 amide bonds. The lowest BCUT2D eigenvalue weighted by Gasteiger charge is -2.40. The molecule has 1 saturated heterocycles. The summed E-state index contributed by atoms with van der Waals surface area (Å²) < 4.78 is 27.9. The van der Waals surface area contributed by atoms with Gasteiger partial charge in [0.15, 0.2) is 11.6 Å². The monoisotopic (exact) mass is 269 g/mol. The van der Waals surface area contributed by atoms with Gasteiger partial charge >= 0.3 is 0 Å². The largest absolute Gasteiger partial charge is 0.366 e. The molecule has 0 spiro atoms. The Labute approximate surface area is 113 Å². The molecule has 1 aromatic rings. The van der Waals surface area contributed by atoms with E-state index < -0.39 is 11.6 Å². The number of hydrogen-bond donors (Lipinski definition) is 1. The van der Waals surface area contributed by atoms with Crippen molar-refractivity contribution in [1.82, 2.24) is 4.90 Å². The van der Waals surface area contributed by atoms with Gasteiger partial charge in [-0.15, -0.1) is 0 Å². The third kappa shape index (κ3) is 2.72. The highest BCUT2D eigenvalue weighted by Crippen LogP contribution is 2.26. The minimum absolute atomic E-state index is 0.0172. The van der Waals surface area contributed by atoms with Gasteiger partial charge in [0, 0.05) is 37.8 Å². The molecular weight excluding hydrogens is 248 g/mol. The molecule has 0 aromatic heterocycles. The Bertz CT molecular complexity index is 451. The van der Waals surface area contributed by atoms with Crippen LogP contribution in [-0.2, 0) is 6.54 Å². The maximum Gasteiger partial charge on any atom is 0.182 e. The summed E-state index contributed by atoms with van der Waals surface area (Å²) in [5.41, 5.74) is 5.96.